The maximum absolute atomic E-state index is 11.9. The quantitative estimate of drug-likeness (QED) is 0.377. The summed E-state index contributed by atoms with van der Waals surface area (Å²) in [6, 6.07) is 4.78. The molecule has 0 amide bonds. The van der Waals surface area contributed by atoms with E-state index in [0.717, 1.165) is 25.7 Å². The summed E-state index contributed by atoms with van der Waals surface area (Å²) in [6.07, 6.45) is 3.82. The summed E-state index contributed by atoms with van der Waals surface area (Å²) < 4.78 is 16.7. The summed E-state index contributed by atoms with van der Waals surface area (Å²) >= 11 is 5.44. The number of hydrogen-bond acceptors (Lipinski definition) is 5. The van der Waals surface area contributed by atoms with E-state index < -0.39 is 10.9 Å². The van der Waals surface area contributed by atoms with E-state index in [1.165, 1.54) is 6.07 Å². The van der Waals surface area contributed by atoms with E-state index in [0.29, 0.717) is 35.7 Å². The Morgan fingerprint density at radius 2 is 1.75 bits per heavy atom. The first kappa shape index (κ1) is 18.3. The standard InChI is InChI=1S/C18H21ClO5/c1-3-5-7-22-12-9-15(23-8-6-4-2)13-11-14(17(19)20)18(21)24-16(13)10-12/h9-11H,3-8H2,1-2H3. The van der Waals surface area contributed by atoms with Crippen LogP contribution in [0.2, 0.25) is 0 Å². The number of carbonyl (C=O) groups is 1. The van der Waals surface area contributed by atoms with Crippen molar-refractivity contribution in [3.63, 3.8) is 0 Å². The summed E-state index contributed by atoms with van der Waals surface area (Å²) in [5.41, 5.74) is -0.668. The lowest BCUT2D eigenvalue weighted by atomic mass is 10.1. The molecule has 0 saturated carbocycles. The van der Waals surface area contributed by atoms with Gasteiger partial charge in [0.05, 0.1) is 18.6 Å². The molecule has 1 heterocycles. The van der Waals surface area contributed by atoms with Gasteiger partial charge in [-0.25, -0.2) is 4.79 Å². The third kappa shape index (κ3) is 4.51. The van der Waals surface area contributed by atoms with Crippen LogP contribution in [0.25, 0.3) is 11.0 Å². The highest BCUT2D eigenvalue weighted by Crippen LogP contribution is 2.32. The van der Waals surface area contributed by atoms with Gasteiger partial charge < -0.3 is 13.9 Å². The molecule has 1 aromatic carbocycles. The average molecular weight is 353 g/mol. The molecular formula is C18H21ClO5. The van der Waals surface area contributed by atoms with Gasteiger partial charge in [0.1, 0.15) is 22.6 Å². The number of carbonyl (C=O) groups excluding carboxylic acids is 1. The van der Waals surface area contributed by atoms with E-state index in [4.69, 9.17) is 25.5 Å². The lowest BCUT2D eigenvalue weighted by Gasteiger charge is -2.12. The van der Waals surface area contributed by atoms with Crippen molar-refractivity contribution in [3.8, 4) is 11.5 Å². The Morgan fingerprint density at radius 3 is 2.38 bits per heavy atom. The first-order chi connectivity index (χ1) is 11.6. The van der Waals surface area contributed by atoms with Crippen LogP contribution < -0.4 is 15.1 Å². The lowest BCUT2D eigenvalue weighted by molar-refractivity contribution is 0.107. The normalized spacial score (nSPS) is 10.8. The highest BCUT2D eigenvalue weighted by Gasteiger charge is 2.15. The molecule has 5 nitrogen and oxygen atoms in total. The number of unbranched alkanes of at least 4 members (excludes halogenated alkanes) is 2. The van der Waals surface area contributed by atoms with Crippen LogP contribution in [0.1, 0.15) is 49.9 Å². The van der Waals surface area contributed by atoms with Crippen molar-refractivity contribution in [1.29, 1.82) is 0 Å². The van der Waals surface area contributed by atoms with Gasteiger partial charge in [0.15, 0.2) is 0 Å². The van der Waals surface area contributed by atoms with E-state index in [1.54, 1.807) is 12.1 Å². The number of rotatable bonds is 9. The number of ether oxygens (including phenoxy) is 2. The molecule has 0 spiro atoms. The Morgan fingerprint density at radius 1 is 1.08 bits per heavy atom. The molecule has 0 aliphatic heterocycles. The van der Waals surface area contributed by atoms with E-state index in [1.807, 2.05) is 0 Å². The van der Waals surface area contributed by atoms with Crippen LogP contribution in [0.3, 0.4) is 0 Å². The molecule has 0 unspecified atom stereocenters. The van der Waals surface area contributed by atoms with E-state index >= 15 is 0 Å². The molecule has 0 saturated heterocycles. The van der Waals surface area contributed by atoms with Crippen LogP contribution in [-0.2, 0) is 0 Å². The van der Waals surface area contributed by atoms with Gasteiger partial charge in [0, 0.05) is 12.1 Å². The summed E-state index contributed by atoms with van der Waals surface area (Å²) in [4.78, 5) is 23.2. The van der Waals surface area contributed by atoms with Crippen molar-refractivity contribution in [2.45, 2.75) is 39.5 Å². The zero-order chi connectivity index (χ0) is 17.5. The zero-order valence-corrected chi connectivity index (χ0v) is 14.6. The fourth-order valence-corrected chi connectivity index (χ4v) is 2.29. The summed E-state index contributed by atoms with van der Waals surface area (Å²) in [5.74, 6) is 1.07. The number of hydrogen-bond donors (Lipinski definition) is 0. The van der Waals surface area contributed by atoms with Crippen LogP contribution in [0.4, 0.5) is 0 Å². The SMILES string of the molecule is CCCCOc1cc(OCCCC)c2cc(C(=O)Cl)c(=O)oc2c1. The topological polar surface area (TPSA) is 65.7 Å². The van der Waals surface area contributed by atoms with Crippen molar-refractivity contribution >= 4 is 27.8 Å². The van der Waals surface area contributed by atoms with E-state index in [9.17, 15) is 9.59 Å². The monoisotopic (exact) mass is 352 g/mol. The molecule has 24 heavy (non-hydrogen) atoms. The summed E-state index contributed by atoms with van der Waals surface area (Å²) in [7, 11) is 0. The smallest absolute Gasteiger partial charge is 0.348 e. The van der Waals surface area contributed by atoms with Crippen LogP contribution in [0, 0.1) is 0 Å². The minimum atomic E-state index is -0.853. The van der Waals surface area contributed by atoms with Crippen molar-refractivity contribution in [3.05, 3.63) is 34.2 Å². The molecule has 130 valence electrons. The van der Waals surface area contributed by atoms with Gasteiger partial charge in [0.25, 0.3) is 5.24 Å². The average Bonchev–Trinajstić information content (AvgIpc) is 2.54. The Labute approximate surface area is 145 Å². The van der Waals surface area contributed by atoms with Gasteiger partial charge in [0.2, 0.25) is 0 Å². The maximum Gasteiger partial charge on any atom is 0.348 e. The molecule has 0 aliphatic carbocycles. The Bertz CT molecular complexity index is 766. The fraction of sp³-hybridized carbons (Fsp3) is 0.444. The molecule has 0 bridgehead atoms. The molecule has 0 aliphatic rings. The van der Waals surface area contributed by atoms with Crippen LogP contribution in [-0.4, -0.2) is 18.5 Å². The second kappa shape index (κ2) is 8.73. The Balaban J connectivity index is 2.46. The minimum absolute atomic E-state index is 0.204. The highest BCUT2D eigenvalue weighted by atomic mass is 35.5. The molecular weight excluding hydrogens is 332 g/mol. The Hall–Kier alpha value is -2.01. The van der Waals surface area contributed by atoms with Crippen LogP contribution >= 0.6 is 11.6 Å². The van der Waals surface area contributed by atoms with Crippen molar-refractivity contribution < 1.29 is 18.7 Å². The van der Waals surface area contributed by atoms with Gasteiger partial charge in [-0.15, -0.1) is 0 Å². The molecule has 0 atom stereocenters. The van der Waals surface area contributed by atoms with Crippen molar-refractivity contribution in [2.24, 2.45) is 0 Å². The molecule has 0 N–H and O–H groups in total. The molecule has 2 aromatic rings. The number of halogens is 1. The first-order valence-electron chi connectivity index (χ1n) is 8.14. The third-order valence-corrected chi connectivity index (χ3v) is 3.73. The minimum Gasteiger partial charge on any atom is -0.493 e. The van der Waals surface area contributed by atoms with Crippen LogP contribution in [0.15, 0.2) is 27.4 Å². The maximum atomic E-state index is 11.9. The number of fused-ring (bicyclic) bond motifs is 1. The highest BCUT2D eigenvalue weighted by molar-refractivity contribution is 6.67. The largest absolute Gasteiger partial charge is 0.493 e. The van der Waals surface area contributed by atoms with E-state index in [2.05, 4.69) is 13.8 Å². The van der Waals surface area contributed by atoms with Gasteiger partial charge in [-0.2, -0.15) is 0 Å². The van der Waals surface area contributed by atoms with Gasteiger partial charge in [-0.05, 0) is 30.5 Å². The lowest BCUT2D eigenvalue weighted by Crippen LogP contribution is -2.10. The molecule has 6 heteroatoms. The summed E-state index contributed by atoms with van der Waals surface area (Å²) in [6.45, 7) is 5.23. The zero-order valence-electron chi connectivity index (χ0n) is 13.9. The molecule has 1 aromatic heterocycles. The second-order valence-electron chi connectivity index (χ2n) is 5.46. The van der Waals surface area contributed by atoms with Crippen molar-refractivity contribution in [1.82, 2.24) is 0 Å². The summed E-state index contributed by atoms with van der Waals surface area (Å²) in [5, 5.41) is -0.328. The van der Waals surface area contributed by atoms with Gasteiger partial charge in [-0.1, -0.05) is 26.7 Å². The van der Waals surface area contributed by atoms with Crippen molar-refractivity contribution in [2.75, 3.05) is 13.2 Å². The molecule has 0 radical (unpaired) electrons. The van der Waals surface area contributed by atoms with E-state index in [-0.39, 0.29) is 5.56 Å². The van der Waals surface area contributed by atoms with Gasteiger partial charge >= 0.3 is 5.63 Å². The number of benzene rings is 1. The predicted octanol–water partition coefficient (Wildman–Crippen LogP) is 4.53. The predicted molar refractivity (Wildman–Crippen MR) is 93.5 cm³/mol. The second-order valence-corrected chi connectivity index (χ2v) is 5.80. The van der Waals surface area contributed by atoms with Crippen LogP contribution in [0.5, 0.6) is 11.5 Å². The molecule has 2 rings (SSSR count). The fourth-order valence-electron chi connectivity index (χ4n) is 2.16. The molecule has 0 fully saturated rings. The Kier molecular flexibility index (Phi) is 6.67. The third-order valence-electron chi connectivity index (χ3n) is 3.52. The first-order valence-corrected chi connectivity index (χ1v) is 8.52. The van der Waals surface area contributed by atoms with Gasteiger partial charge in [-0.3, -0.25) is 4.79 Å².